The van der Waals surface area contributed by atoms with Crippen LogP contribution in [0.1, 0.15) is 12.5 Å². The van der Waals surface area contributed by atoms with Crippen LogP contribution in [0, 0.1) is 6.92 Å². The number of hydrogen-bond donors (Lipinski definition) is 1. The lowest BCUT2D eigenvalue weighted by Gasteiger charge is -2.04. The lowest BCUT2D eigenvalue weighted by atomic mass is 10.2. The molecular weight excluding hydrogens is 138 g/mol. The minimum Gasteiger partial charge on any atom is -0.494 e. The molecule has 0 amide bonds. The van der Waals surface area contributed by atoms with Crippen LogP contribution in [0.15, 0.2) is 24.3 Å². The molecule has 0 fully saturated rings. The first-order valence-electron chi connectivity index (χ1n) is 3.53. The molecule has 0 saturated heterocycles. The van der Waals surface area contributed by atoms with Crippen LogP contribution in [-0.2, 0) is 0 Å². The Balaban J connectivity index is 0.000001000. The van der Waals surface area contributed by atoms with Gasteiger partial charge in [-0.3, -0.25) is 0 Å². The molecule has 62 valence electrons. The second kappa shape index (κ2) is 4.74. The summed E-state index contributed by atoms with van der Waals surface area (Å²) in [4.78, 5) is 0. The van der Waals surface area contributed by atoms with Gasteiger partial charge in [0.25, 0.3) is 0 Å². The zero-order chi connectivity index (χ0) is 7.40. The van der Waals surface area contributed by atoms with E-state index < -0.39 is 0 Å². The highest BCUT2D eigenvalue weighted by molar-refractivity contribution is 5.31. The Labute approximate surface area is 67.8 Å². The van der Waals surface area contributed by atoms with Crippen LogP contribution in [0.5, 0.6) is 5.75 Å². The summed E-state index contributed by atoms with van der Waals surface area (Å²) in [6.45, 7) is 4.78. The Hall–Kier alpha value is -1.02. The Morgan fingerprint density at radius 2 is 1.91 bits per heavy atom. The summed E-state index contributed by atoms with van der Waals surface area (Å²) in [5, 5.41) is 0. The van der Waals surface area contributed by atoms with Crippen molar-refractivity contribution in [1.29, 1.82) is 0 Å². The molecule has 0 radical (unpaired) electrons. The number of ether oxygens (including phenoxy) is 1. The van der Waals surface area contributed by atoms with E-state index in [1.165, 1.54) is 5.56 Å². The second-order valence-electron chi connectivity index (χ2n) is 2.20. The average molecular weight is 153 g/mol. The number of aryl methyl sites for hydroxylation is 1. The number of hydrogen-bond acceptors (Lipinski definition) is 2. The predicted octanol–water partition coefficient (Wildman–Crippen LogP) is 2.56. The van der Waals surface area contributed by atoms with E-state index in [1.54, 1.807) is 0 Å². The fourth-order valence-corrected chi connectivity index (χ4v) is 0.874. The summed E-state index contributed by atoms with van der Waals surface area (Å²) in [7, 11) is 0. The number of benzene rings is 1. The quantitative estimate of drug-likeness (QED) is 0.709. The molecule has 0 aliphatic carbocycles. The molecule has 0 aliphatic heterocycles. The van der Waals surface area contributed by atoms with Crippen molar-refractivity contribution in [2.45, 2.75) is 13.8 Å². The third-order valence-corrected chi connectivity index (χ3v) is 1.39. The van der Waals surface area contributed by atoms with E-state index in [0.29, 0.717) is 0 Å². The van der Waals surface area contributed by atoms with Gasteiger partial charge in [0.2, 0.25) is 0 Å². The van der Waals surface area contributed by atoms with Gasteiger partial charge in [-0.2, -0.15) is 0 Å². The lowest BCUT2D eigenvalue weighted by Crippen LogP contribution is -1.92. The first-order valence-corrected chi connectivity index (χ1v) is 3.53. The number of para-hydroxylation sites is 1. The van der Waals surface area contributed by atoms with Gasteiger partial charge in [0.1, 0.15) is 5.75 Å². The van der Waals surface area contributed by atoms with E-state index >= 15 is 0 Å². The van der Waals surface area contributed by atoms with Gasteiger partial charge in [0.15, 0.2) is 0 Å². The molecule has 0 unspecified atom stereocenters. The standard InChI is InChI=1S/C9H12O.H3N/c1-3-10-9-7-5-4-6-8(9)2;/h4-7H,3H2,1-2H3;1H3. The van der Waals surface area contributed by atoms with Gasteiger partial charge in [-0.25, -0.2) is 0 Å². The Morgan fingerprint density at radius 3 is 2.45 bits per heavy atom. The largest absolute Gasteiger partial charge is 0.494 e. The average Bonchev–Trinajstić information content (AvgIpc) is 1.94. The molecule has 0 spiro atoms. The molecule has 1 rings (SSSR count). The van der Waals surface area contributed by atoms with Crippen LogP contribution in [0.25, 0.3) is 0 Å². The highest BCUT2D eigenvalue weighted by atomic mass is 16.5. The monoisotopic (exact) mass is 153 g/mol. The van der Waals surface area contributed by atoms with Crippen LogP contribution in [0.4, 0.5) is 0 Å². The molecule has 0 heterocycles. The van der Waals surface area contributed by atoms with Gasteiger partial charge in [0, 0.05) is 0 Å². The lowest BCUT2D eigenvalue weighted by molar-refractivity contribution is 0.338. The molecule has 11 heavy (non-hydrogen) atoms. The zero-order valence-electron chi connectivity index (χ0n) is 7.13. The summed E-state index contributed by atoms with van der Waals surface area (Å²) < 4.78 is 5.34. The number of rotatable bonds is 2. The maximum absolute atomic E-state index is 5.34. The summed E-state index contributed by atoms with van der Waals surface area (Å²) in [5.41, 5.74) is 1.20. The molecule has 3 N–H and O–H groups in total. The highest BCUT2D eigenvalue weighted by Gasteiger charge is 1.93. The zero-order valence-corrected chi connectivity index (χ0v) is 7.13. The topological polar surface area (TPSA) is 44.2 Å². The first-order chi connectivity index (χ1) is 4.84. The van der Waals surface area contributed by atoms with Gasteiger partial charge in [-0.1, -0.05) is 18.2 Å². The van der Waals surface area contributed by atoms with E-state index in [4.69, 9.17) is 4.74 Å². The maximum atomic E-state index is 5.34. The normalized spacial score (nSPS) is 8.55. The van der Waals surface area contributed by atoms with Crippen molar-refractivity contribution >= 4 is 0 Å². The van der Waals surface area contributed by atoms with E-state index in [1.807, 2.05) is 38.1 Å². The second-order valence-corrected chi connectivity index (χ2v) is 2.20. The third kappa shape index (κ3) is 2.60. The molecule has 0 aliphatic rings. The first kappa shape index (κ1) is 9.98. The minimum atomic E-state index is 0. The van der Waals surface area contributed by atoms with Gasteiger partial charge in [0.05, 0.1) is 6.61 Å². The Bertz CT molecular complexity index is 210. The Kier molecular flexibility index (Phi) is 4.30. The predicted molar refractivity (Wildman–Crippen MR) is 47.4 cm³/mol. The van der Waals surface area contributed by atoms with Crippen LogP contribution < -0.4 is 10.9 Å². The van der Waals surface area contributed by atoms with Crippen molar-refractivity contribution in [3.63, 3.8) is 0 Å². The Morgan fingerprint density at radius 1 is 1.27 bits per heavy atom. The molecular formula is C9H15NO. The molecule has 2 nitrogen and oxygen atoms in total. The van der Waals surface area contributed by atoms with Gasteiger partial charge in [-0.05, 0) is 25.5 Å². The van der Waals surface area contributed by atoms with Gasteiger partial charge < -0.3 is 10.9 Å². The van der Waals surface area contributed by atoms with Crippen LogP contribution >= 0.6 is 0 Å². The molecule has 0 aromatic heterocycles. The van der Waals surface area contributed by atoms with Crippen molar-refractivity contribution in [2.24, 2.45) is 0 Å². The van der Waals surface area contributed by atoms with Crippen molar-refractivity contribution in [1.82, 2.24) is 6.15 Å². The fraction of sp³-hybridized carbons (Fsp3) is 0.333. The van der Waals surface area contributed by atoms with Crippen molar-refractivity contribution < 1.29 is 4.74 Å². The summed E-state index contributed by atoms with van der Waals surface area (Å²) in [6, 6.07) is 8.03. The van der Waals surface area contributed by atoms with Crippen LogP contribution in [0.2, 0.25) is 0 Å². The van der Waals surface area contributed by atoms with Crippen molar-refractivity contribution in [2.75, 3.05) is 6.61 Å². The van der Waals surface area contributed by atoms with Gasteiger partial charge in [-0.15, -0.1) is 0 Å². The molecule has 0 atom stereocenters. The maximum Gasteiger partial charge on any atom is 0.122 e. The van der Waals surface area contributed by atoms with E-state index in [-0.39, 0.29) is 6.15 Å². The van der Waals surface area contributed by atoms with E-state index in [0.717, 1.165) is 12.4 Å². The molecule has 1 aromatic rings. The molecule has 1 aromatic carbocycles. The summed E-state index contributed by atoms with van der Waals surface area (Å²) >= 11 is 0. The minimum absolute atomic E-state index is 0. The smallest absolute Gasteiger partial charge is 0.122 e. The van der Waals surface area contributed by atoms with Crippen LogP contribution in [-0.4, -0.2) is 6.61 Å². The fourth-order valence-electron chi connectivity index (χ4n) is 0.874. The van der Waals surface area contributed by atoms with Crippen LogP contribution in [0.3, 0.4) is 0 Å². The third-order valence-electron chi connectivity index (χ3n) is 1.39. The SMILES string of the molecule is CCOc1ccccc1C.N. The van der Waals surface area contributed by atoms with E-state index in [2.05, 4.69) is 0 Å². The highest BCUT2D eigenvalue weighted by Crippen LogP contribution is 2.15. The van der Waals surface area contributed by atoms with E-state index in [9.17, 15) is 0 Å². The molecule has 2 heteroatoms. The van der Waals surface area contributed by atoms with Crippen molar-refractivity contribution in [3.8, 4) is 5.75 Å². The molecule has 0 bridgehead atoms. The summed E-state index contributed by atoms with van der Waals surface area (Å²) in [5.74, 6) is 0.991. The molecule has 0 saturated carbocycles. The van der Waals surface area contributed by atoms with Crippen molar-refractivity contribution in [3.05, 3.63) is 29.8 Å². The summed E-state index contributed by atoms with van der Waals surface area (Å²) in [6.07, 6.45) is 0. The van der Waals surface area contributed by atoms with Gasteiger partial charge >= 0.3 is 0 Å².